The number of sulfone groups is 1. The summed E-state index contributed by atoms with van der Waals surface area (Å²) in [7, 11) is -3.39. The Morgan fingerprint density at radius 2 is 1.78 bits per heavy atom. The summed E-state index contributed by atoms with van der Waals surface area (Å²) in [5, 5.41) is 0.156. The second kappa shape index (κ2) is 6.45. The first-order chi connectivity index (χ1) is 11.0. The first-order valence-corrected chi connectivity index (χ1v) is 9.88. The highest BCUT2D eigenvalue weighted by Crippen LogP contribution is 2.23. The summed E-state index contributed by atoms with van der Waals surface area (Å²) >= 11 is 3.41. The molecule has 0 saturated heterocycles. The van der Waals surface area contributed by atoms with Gasteiger partial charge in [-0.1, -0.05) is 47.1 Å². The van der Waals surface area contributed by atoms with Gasteiger partial charge >= 0.3 is 0 Å². The molecular formula is C17H17BrN2O2S. The minimum Gasteiger partial charge on any atom is -0.310 e. The van der Waals surface area contributed by atoms with E-state index in [2.05, 4.69) is 20.9 Å². The zero-order valence-electron chi connectivity index (χ0n) is 12.7. The SMILES string of the molecule is CCCS(=O)(=O)c1nc2ccccc2n1Cc1ccc(Br)cc1. The number of nitrogens with zero attached hydrogens (tertiary/aromatic N) is 2. The molecule has 0 aliphatic heterocycles. The lowest BCUT2D eigenvalue weighted by molar-refractivity contribution is 0.574. The van der Waals surface area contributed by atoms with Crippen LogP contribution in [0.2, 0.25) is 0 Å². The molecule has 6 heteroatoms. The van der Waals surface area contributed by atoms with Gasteiger partial charge in [0.1, 0.15) is 0 Å². The van der Waals surface area contributed by atoms with Crippen LogP contribution in [0.1, 0.15) is 18.9 Å². The van der Waals surface area contributed by atoms with Gasteiger partial charge in [-0.2, -0.15) is 0 Å². The van der Waals surface area contributed by atoms with Crippen molar-refractivity contribution < 1.29 is 8.42 Å². The van der Waals surface area contributed by atoms with Crippen LogP contribution in [0.4, 0.5) is 0 Å². The minimum absolute atomic E-state index is 0.108. The predicted molar refractivity (Wildman–Crippen MR) is 95.3 cm³/mol. The van der Waals surface area contributed by atoms with Crippen molar-refractivity contribution in [3.05, 3.63) is 58.6 Å². The molecule has 0 fully saturated rings. The second-order valence-electron chi connectivity index (χ2n) is 5.41. The lowest BCUT2D eigenvalue weighted by atomic mass is 10.2. The first-order valence-electron chi connectivity index (χ1n) is 7.44. The van der Waals surface area contributed by atoms with Crippen LogP contribution in [0.5, 0.6) is 0 Å². The van der Waals surface area contributed by atoms with E-state index in [0.717, 1.165) is 15.6 Å². The lowest BCUT2D eigenvalue weighted by Gasteiger charge is -2.10. The lowest BCUT2D eigenvalue weighted by Crippen LogP contribution is -2.14. The molecule has 1 heterocycles. The smallest absolute Gasteiger partial charge is 0.229 e. The fraction of sp³-hybridized carbons (Fsp3) is 0.235. The number of hydrogen-bond acceptors (Lipinski definition) is 3. The number of fused-ring (bicyclic) bond motifs is 1. The van der Waals surface area contributed by atoms with Gasteiger partial charge in [0.2, 0.25) is 15.0 Å². The quantitative estimate of drug-likeness (QED) is 0.658. The Labute approximate surface area is 144 Å². The Bertz CT molecular complexity index is 931. The highest BCUT2D eigenvalue weighted by molar-refractivity contribution is 9.10. The molecule has 23 heavy (non-hydrogen) atoms. The average Bonchev–Trinajstić information content (AvgIpc) is 2.89. The fourth-order valence-electron chi connectivity index (χ4n) is 2.58. The van der Waals surface area contributed by atoms with E-state index in [1.807, 2.05) is 55.5 Å². The normalized spacial score (nSPS) is 11.9. The molecule has 0 aliphatic rings. The van der Waals surface area contributed by atoms with E-state index in [-0.39, 0.29) is 10.9 Å². The standard InChI is InChI=1S/C17H17BrN2O2S/c1-2-11-23(21,22)17-19-15-5-3-4-6-16(15)20(17)12-13-7-9-14(18)10-8-13/h3-10H,2,11-12H2,1H3. The van der Waals surface area contributed by atoms with Gasteiger partial charge < -0.3 is 4.57 Å². The molecule has 1 aromatic heterocycles. The van der Waals surface area contributed by atoms with E-state index in [0.29, 0.717) is 18.5 Å². The van der Waals surface area contributed by atoms with Crippen molar-refractivity contribution in [2.45, 2.75) is 25.0 Å². The van der Waals surface area contributed by atoms with Gasteiger partial charge in [0.15, 0.2) is 0 Å². The number of halogens is 1. The van der Waals surface area contributed by atoms with Crippen molar-refractivity contribution in [3.63, 3.8) is 0 Å². The molecule has 2 aromatic carbocycles. The van der Waals surface area contributed by atoms with Gasteiger partial charge in [-0.3, -0.25) is 0 Å². The summed E-state index contributed by atoms with van der Waals surface area (Å²) in [4.78, 5) is 4.38. The van der Waals surface area contributed by atoms with E-state index in [1.54, 1.807) is 4.57 Å². The summed E-state index contributed by atoms with van der Waals surface area (Å²) in [6.45, 7) is 2.34. The molecule has 4 nitrogen and oxygen atoms in total. The Balaban J connectivity index is 2.15. The van der Waals surface area contributed by atoms with Gasteiger partial charge in [0.05, 0.1) is 23.3 Å². The molecule has 0 N–H and O–H groups in total. The van der Waals surface area contributed by atoms with Gasteiger partial charge in [-0.05, 0) is 36.2 Å². The van der Waals surface area contributed by atoms with Crippen LogP contribution in [0.25, 0.3) is 11.0 Å². The molecule has 0 radical (unpaired) electrons. The fourth-order valence-corrected chi connectivity index (χ4v) is 4.30. The maximum absolute atomic E-state index is 12.6. The summed E-state index contributed by atoms with van der Waals surface area (Å²) in [5.74, 6) is 0.108. The molecule has 0 amide bonds. The molecule has 0 atom stereocenters. The number of imidazole rings is 1. The maximum atomic E-state index is 12.6. The Morgan fingerprint density at radius 1 is 1.09 bits per heavy atom. The van der Waals surface area contributed by atoms with E-state index < -0.39 is 9.84 Å². The average molecular weight is 393 g/mol. The predicted octanol–water partition coefficient (Wildman–Crippen LogP) is 4.03. The highest BCUT2D eigenvalue weighted by Gasteiger charge is 2.22. The van der Waals surface area contributed by atoms with Crippen molar-refractivity contribution in [1.82, 2.24) is 9.55 Å². The van der Waals surface area contributed by atoms with Crippen molar-refractivity contribution >= 4 is 36.8 Å². The molecule has 3 rings (SSSR count). The van der Waals surface area contributed by atoms with Crippen molar-refractivity contribution in [3.8, 4) is 0 Å². The zero-order valence-corrected chi connectivity index (χ0v) is 15.1. The van der Waals surface area contributed by atoms with Crippen LogP contribution in [-0.4, -0.2) is 23.7 Å². The van der Waals surface area contributed by atoms with Crippen LogP contribution in [0, 0.1) is 0 Å². The highest BCUT2D eigenvalue weighted by atomic mass is 79.9. The summed E-state index contributed by atoms with van der Waals surface area (Å²) in [6.07, 6.45) is 0.573. The topological polar surface area (TPSA) is 52.0 Å². The van der Waals surface area contributed by atoms with Crippen LogP contribution in [0.15, 0.2) is 58.2 Å². The van der Waals surface area contributed by atoms with Crippen LogP contribution < -0.4 is 0 Å². The van der Waals surface area contributed by atoms with E-state index in [1.165, 1.54) is 0 Å². The van der Waals surface area contributed by atoms with E-state index >= 15 is 0 Å². The van der Waals surface area contributed by atoms with E-state index in [9.17, 15) is 8.42 Å². The monoisotopic (exact) mass is 392 g/mol. The Morgan fingerprint density at radius 3 is 2.48 bits per heavy atom. The van der Waals surface area contributed by atoms with Gasteiger partial charge in [-0.15, -0.1) is 0 Å². The molecule has 120 valence electrons. The van der Waals surface area contributed by atoms with Crippen LogP contribution >= 0.6 is 15.9 Å². The number of rotatable bonds is 5. The number of benzene rings is 2. The minimum atomic E-state index is -3.39. The third-order valence-corrected chi connectivity index (χ3v) is 5.97. The molecule has 0 bridgehead atoms. The first kappa shape index (κ1) is 16.2. The summed E-state index contributed by atoms with van der Waals surface area (Å²) in [5.41, 5.74) is 2.58. The molecule has 0 spiro atoms. The third-order valence-electron chi connectivity index (χ3n) is 3.62. The molecule has 0 saturated carbocycles. The van der Waals surface area contributed by atoms with Crippen molar-refractivity contribution in [2.75, 3.05) is 5.75 Å². The zero-order chi connectivity index (χ0) is 16.4. The van der Waals surface area contributed by atoms with E-state index in [4.69, 9.17) is 0 Å². The summed E-state index contributed by atoms with van der Waals surface area (Å²) < 4.78 is 27.9. The molecule has 0 aliphatic carbocycles. The maximum Gasteiger partial charge on any atom is 0.229 e. The summed E-state index contributed by atoms with van der Waals surface area (Å²) in [6, 6.07) is 15.4. The largest absolute Gasteiger partial charge is 0.310 e. The van der Waals surface area contributed by atoms with Crippen molar-refractivity contribution in [2.24, 2.45) is 0 Å². The number of aromatic nitrogens is 2. The molecular weight excluding hydrogens is 376 g/mol. The Kier molecular flexibility index (Phi) is 4.55. The number of hydrogen-bond donors (Lipinski definition) is 0. The van der Waals surface area contributed by atoms with Crippen LogP contribution in [0.3, 0.4) is 0 Å². The third kappa shape index (κ3) is 3.33. The molecule has 0 unspecified atom stereocenters. The van der Waals surface area contributed by atoms with Gasteiger partial charge in [0.25, 0.3) is 0 Å². The van der Waals surface area contributed by atoms with Gasteiger partial charge in [0, 0.05) is 4.47 Å². The van der Waals surface area contributed by atoms with Crippen LogP contribution in [-0.2, 0) is 16.4 Å². The molecule has 3 aromatic rings. The Hall–Kier alpha value is -1.66. The second-order valence-corrected chi connectivity index (χ2v) is 8.33. The van der Waals surface area contributed by atoms with Crippen molar-refractivity contribution in [1.29, 1.82) is 0 Å². The van der Waals surface area contributed by atoms with Gasteiger partial charge in [-0.25, -0.2) is 13.4 Å². The number of para-hydroxylation sites is 2.